The summed E-state index contributed by atoms with van der Waals surface area (Å²) in [5, 5.41) is 0. The van der Waals surface area contributed by atoms with Gasteiger partial charge in [0, 0.05) is 11.8 Å². The predicted molar refractivity (Wildman–Crippen MR) is 89.8 cm³/mol. The first-order valence-electron chi connectivity index (χ1n) is 8.37. The molecule has 2 aliphatic carbocycles. The van der Waals surface area contributed by atoms with Gasteiger partial charge in [0.2, 0.25) is 11.8 Å². The van der Waals surface area contributed by atoms with E-state index in [1.807, 2.05) is 31.2 Å². The normalized spacial score (nSPS) is 33.6. The Kier molecular flexibility index (Phi) is 3.09. The van der Waals surface area contributed by atoms with Crippen molar-refractivity contribution in [2.75, 3.05) is 4.90 Å². The largest absolute Gasteiger partial charge is 0.274 e. The molecule has 3 heteroatoms. The van der Waals surface area contributed by atoms with Crippen LogP contribution in [0.5, 0.6) is 0 Å². The smallest absolute Gasteiger partial charge is 0.238 e. The summed E-state index contributed by atoms with van der Waals surface area (Å²) in [5.41, 5.74) is 4.49. The molecule has 0 radical (unpaired) electrons. The number of carbonyl (C=O) groups excluding carboxylic acids is 2. The van der Waals surface area contributed by atoms with Gasteiger partial charge >= 0.3 is 0 Å². The van der Waals surface area contributed by atoms with Gasteiger partial charge in [-0.05, 0) is 32.4 Å². The van der Waals surface area contributed by atoms with Gasteiger partial charge in [-0.2, -0.15) is 0 Å². The fourth-order valence-corrected chi connectivity index (χ4v) is 4.48. The minimum absolute atomic E-state index is 0.0258. The number of aryl methyl sites for hydroxylation is 1. The van der Waals surface area contributed by atoms with E-state index >= 15 is 0 Å². The molecule has 3 aliphatic rings. The first-order chi connectivity index (χ1) is 11.0. The number of benzene rings is 1. The van der Waals surface area contributed by atoms with Gasteiger partial charge in [0.15, 0.2) is 0 Å². The Morgan fingerprint density at radius 3 is 2.00 bits per heavy atom. The lowest BCUT2D eigenvalue weighted by Gasteiger charge is -2.19. The summed E-state index contributed by atoms with van der Waals surface area (Å²) in [6, 6.07) is 7.64. The molecule has 2 bridgehead atoms. The lowest BCUT2D eigenvalue weighted by molar-refractivity contribution is -0.122. The number of hydrogen-bond acceptors (Lipinski definition) is 2. The molecule has 2 fully saturated rings. The van der Waals surface area contributed by atoms with Gasteiger partial charge in [-0.3, -0.25) is 9.59 Å². The monoisotopic (exact) mass is 307 g/mol. The third-order valence-electron chi connectivity index (χ3n) is 5.73. The average Bonchev–Trinajstić information content (AvgIpc) is 3.18. The van der Waals surface area contributed by atoms with Crippen molar-refractivity contribution >= 4 is 17.5 Å². The zero-order valence-corrected chi connectivity index (χ0v) is 13.7. The Labute approximate surface area is 136 Å². The molecule has 4 atom stereocenters. The second-order valence-electron chi connectivity index (χ2n) is 6.92. The Morgan fingerprint density at radius 1 is 1.00 bits per heavy atom. The molecule has 0 aromatic heterocycles. The highest BCUT2D eigenvalue weighted by molar-refractivity contribution is 6.23. The van der Waals surface area contributed by atoms with Crippen LogP contribution in [-0.2, 0) is 9.59 Å². The number of imide groups is 1. The summed E-state index contributed by atoms with van der Waals surface area (Å²) >= 11 is 0. The van der Waals surface area contributed by atoms with Crippen LogP contribution in [0.3, 0.4) is 0 Å². The predicted octanol–water partition coefficient (Wildman–Crippen LogP) is 3.64. The first kappa shape index (κ1) is 14.4. The molecule has 0 N–H and O–H groups in total. The van der Waals surface area contributed by atoms with Crippen LogP contribution < -0.4 is 4.90 Å². The molecule has 1 saturated heterocycles. The van der Waals surface area contributed by atoms with Crippen molar-refractivity contribution in [1.82, 2.24) is 0 Å². The minimum atomic E-state index is -0.199. The molecule has 118 valence electrons. The van der Waals surface area contributed by atoms with Crippen LogP contribution >= 0.6 is 0 Å². The van der Waals surface area contributed by atoms with Crippen molar-refractivity contribution in [3.8, 4) is 0 Å². The summed E-state index contributed by atoms with van der Waals surface area (Å²) in [7, 11) is 0. The van der Waals surface area contributed by atoms with Crippen LogP contribution in [0.1, 0.15) is 25.8 Å². The number of nitrogens with zero attached hydrogens (tertiary/aromatic N) is 1. The standard InChI is InChI=1S/C20H21NO2/c1-4-12(3)16-14-9-10-15(16)18-17(14)19(22)21(20(18)23)13-7-5-11(2)6-8-13/h5-10,14-15,17-18H,4H2,1-3H3/t14-,15-,17-,18+/m1/s1. The molecule has 0 spiro atoms. The molecule has 1 aliphatic heterocycles. The lowest BCUT2D eigenvalue weighted by Crippen LogP contribution is -2.33. The molecule has 23 heavy (non-hydrogen) atoms. The average molecular weight is 307 g/mol. The molecule has 1 saturated carbocycles. The van der Waals surface area contributed by atoms with Crippen LogP contribution in [0.25, 0.3) is 0 Å². The maximum absolute atomic E-state index is 13.0. The summed E-state index contributed by atoms with van der Waals surface area (Å²) < 4.78 is 0. The number of rotatable bonds is 2. The molecule has 1 aromatic carbocycles. The second-order valence-corrected chi connectivity index (χ2v) is 6.92. The molecule has 0 unspecified atom stereocenters. The van der Waals surface area contributed by atoms with E-state index < -0.39 is 0 Å². The van der Waals surface area contributed by atoms with E-state index in [0.717, 1.165) is 12.0 Å². The third-order valence-corrected chi connectivity index (χ3v) is 5.73. The van der Waals surface area contributed by atoms with Crippen LogP contribution in [-0.4, -0.2) is 11.8 Å². The Hall–Kier alpha value is -2.16. The van der Waals surface area contributed by atoms with Crippen molar-refractivity contribution in [1.29, 1.82) is 0 Å². The Morgan fingerprint density at radius 2 is 1.52 bits per heavy atom. The van der Waals surface area contributed by atoms with Crippen LogP contribution in [0, 0.1) is 30.6 Å². The van der Waals surface area contributed by atoms with Gasteiger partial charge in [0.1, 0.15) is 0 Å². The van der Waals surface area contributed by atoms with Gasteiger partial charge in [-0.15, -0.1) is 0 Å². The van der Waals surface area contributed by atoms with E-state index in [0.29, 0.717) is 5.69 Å². The zero-order valence-electron chi connectivity index (χ0n) is 13.7. The lowest BCUT2D eigenvalue weighted by atomic mass is 9.85. The number of amides is 2. The third kappa shape index (κ3) is 1.82. The van der Waals surface area contributed by atoms with E-state index in [-0.39, 0.29) is 35.5 Å². The summed E-state index contributed by atoms with van der Waals surface area (Å²) in [6.45, 7) is 6.27. The van der Waals surface area contributed by atoms with Gasteiger partial charge in [-0.1, -0.05) is 47.9 Å². The fourth-order valence-electron chi connectivity index (χ4n) is 4.48. The summed E-state index contributed by atoms with van der Waals surface area (Å²) in [4.78, 5) is 27.4. The summed E-state index contributed by atoms with van der Waals surface area (Å²) in [5.74, 6) is -0.205. The van der Waals surface area contributed by atoms with Crippen molar-refractivity contribution in [3.05, 3.63) is 53.1 Å². The number of allylic oxidation sites excluding steroid dienone is 4. The Balaban J connectivity index is 1.74. The van der Waals surface area contributed by atoms with E-state index in [1.165, 1.54) is 16.0 Å². The highest BCUT2D eigenvalue weighted by Gasteiger charge is 2.61. The SMILES string of the molecule is CCC(C)=C1[C@H]2C=C[C@H]1[C@H]1C(=O)N(c3ccc(C)cc3)C(=O)[C@H]12. The summed E-state index contributed by atoms with van der Waals surface area (Å²) in [6.07, 6.45) is 5.27. The quantitative estimate of drug-likeness (QED) is 0.618. The number of fused-ring (bicyclic) bond motifs is 5. The first-order valence-corrected chi connectivity index (χ1v) is 8.37. The molecule has 1 heterocycles. The number of hydrogen-bond donors (Lipinski definition) is 0. The van der Waals surface area contributed by atoms with Crippen LogP contribution in [0.4, 0.5) is 5.69 Å². The molecule has 2 amide bonds. The van der Waals surface area contributed by atoms with Gasteiger partial charge in [0.05, 0.1) is 17.5 Å². The van der Waals surface area contributed by atoms with Crippen molar-refractivity contribution in [2.45, 2.75) is 27.2 Å². The van der Waals surface area contributed by atoms with Crippen molar-refractivity contribution in [3.63, 3.8) is 0 Å². The minimum Gasteiger partial charge on any atom is -0.274 e. The molecule has 1 aromatic rings. The van der Waals surface area contributed by atoms with Crippen LogP contribution in [0.2, 0.25) is 0 Å². The zero-order chi connectivity index (χ0) is 16.3. The second kappa shape index (κ2) is 4.92. The van der Waals surface area contributed by atoms with Gasteiger partial charge < -0.3 is 0 Å². The van der Waals surface area contributed by atoms with Crippen molar-refractivity contribution in [2.24, 2.45) is 23.7 Å². The number of anilines is 1. The van der Waals surface area contributed by atoms with Gasteiger partial charge in [-0.25, -0.2) is 4.90 Å². The van der Waals surface area contributed by atoms with Gasteiger partial charge in [0.25, 0.3) is 0 Å². The molecule has 3 nitrogen and oxygen atoms in total. The Bertz CT molecular complexity index is 722. The highest BCUT2D eigenvalue weighted by atomic mass is 16.2. The fraction of sp³-hybridized carbons (Fsp3) is 0.400. The maximum atomic E-state index is 13.0. The van der Waals surface area contributed by atoms with Crippen molar-refractivity contribution < 1.29 is 9.59 Å². The van der Waals surface area contributed by atoms with E-state index in [4.69, 9.17) is 0 Å². The van der Waals surface area contributed by atoms with E-state index in [9.17, 15) is 9.59 Å². The maximum Gasteiger partial charge on any atom is 0.238 e. The van der Waals surface area contributed by atoms with E-state index in [1.54, 1.807) is 0 Å². The molecular formula is C20H21NO2. The van der Waals surface area contributed by atoms with Crippen LogP contribution in [0.15, 0.2) is 47.6 Å². The molecule has 4 rings (SSSR count). The van der Waals surface area contributed by atoms with E-state index in [2.05, 4.69) is 26.0 Å². The molecular weight excluding hydrogens is 286 g/mol. The number of carbonyl (C=O) groups is 2. The highest BCUT2D eigenvalue weighted by Crippen LogP contribution is 2.57. The topological polar surface area (TPSA) is 37.4 Å².